The molecular weight excluding hydrogens is 244 g/mol. The number of aliphatic hydroxyl groups excluding tert-OH is 1. The van der Waals surface area contributed by atoms with Crippen molar-refractivity contribution in [3.05, 3.63) is 23.8 Å². The molecule has 0 spiro atoms. The molecule has 0 amide bonds. The number of rotatable bonds is 6. The Hall–Kier alpha value is -1.26. The van der Waals surface area contributed by atoms with E-state index >= 15 is 0 Å². The molecule has 1 N–H and O–H groups in total. The molecule has 0 aliphatic carbocycles. The minimum atomic E-state index is -0.617. The van der Waals surface area contributed by atoms with Gasteiger partial charge in [0.2, 0.25) is 0 Å². The van der Waals surface area contributed by atoms with Crippen LogP contribution in [0.2, 0.25) is 0 Å². The van der Waals surface area contributed by atoms with E-state index in [1.807, 2.05) is 18.2 Å². The molecule has 1 aromatic carbocycles. The first-order valence-electron chi connectivity index (χ1n) is 6.96. The number of aliphatic hydroxyl groups is 1. The zero-order valence-corrected chi connectivity index (χ0v) is 11.4. The van der Waals surface area contributed by atoms with E-state index in [4.69, 9.17) is 14.2 Å². The van der Waals surface area contributed by atoms with Crippen LogP contribution in [0.5, 0.6) is 11.5 Å². The van der Waals surface area contributed by atoms with Crippen molar-refractivity contribution in [2.75, 3.05) is 26.4 Å². The maximum absolute atomic E-state index is 10.1. The van der Waals surface area contributed by atoms with Crippen molar-refractivity contribution in [3.8, 4) is 11.5 Å². The van der Waals surface area contributed by atoms with E-state index in [1.54, 1.807) is 0 Å². The Morgan fingerprint density at radius 1 is 1.26 bits per heavy atom. The molecule has 1 aliphatic heterocycles. The van der Waals surface area contributed by atoms with Gasteiger partial charge in [-0.15, -0.1) is 0 Å². The van der Waals surface area contributed by atoms with Crippen molar-refractivity contribution >= 4 is 0 Å². The molecule has 0 aromatic heterocycles. The van der Waals surface area contributed by atoms with Crippen LogP contribution in [0.25, 0.3) is 0 Å². The molecule has 4 nitrogen and oxygen atoms in total. The van der Waals surface area contributed by atoms with Gasteiger partial charge in [0.25, 0.3) is 0 Å². The maximum atomic E-state index is 10.1. The van der Waals surface area contributed by atoms with Crippen molar-refractivity contribution in [2.45, 2.75) is 32.3 Å². The van der Waals surface area contributed by atoms with Gasteiger partial charge in [-0.25, -0.2) is 0 Å². The molecule has 0 bridgehead atoms. The van der Waals surface area contributed by atoms with Gasteiger partial charge in [0.05, 0.1) is 19.8 Å². The smallest absolute Gasteiger partial charge is 0.161 e. The molecule has 1 atom stereocenters. The van der Waals surface area contributed by atoms with Gasteiger partial charge in [-0.05, 0) is 24.1 Å². The van der Waals surface area contributed by atoms with Crippen LogP contribution in [0.3, 0.4) is 0 Å². The van der Waals surface area contributed by atoms with Crippen molar-refractivity contribution in [3.63, 3.8) is 0 Å². The zero-order chi connectivity index (χ0) is 13.5. The molecule has 4 heteroatoms. The average molecular weight is 266 g/mol. The first-order valence-corrected chi connectivity index (χ1v) is 6.96. The molecule has 0 fully saturated rings. The van der Waals surface area contributed by atoms with E-state index in [0.29, 0.717) is 32.2 Å². The molecule has 2 rings (SSSR count). The summed E-state index contributed by atoms with van der Waals surface area (Å²) in [6, 6.07) is 5.56. The highest BCUT2D eigenvalue weighted by Gasteiger charge is 2.14. The molecule has 0 radical (unpaired) electrons. The number of benzene rings is 1. The fourth-order valence-electron chi connectivity index (χ4n) is 1.92. The highest BCUT2D eigenvalue weighted by atomic mass is 16.5. The second-order valence-electron chi connectivity index (χ2n) is 4.70. The topological polar surface area (TPSA) is 47.9 Å². The van der Waals surface area contributed by atoms with Crippen molar-refractivity contribution in [1.29, 1.82) is 0 Å². The SMILES string of the molecule is CCCCOCC(O)c1ccc2c(c1)OCCCO2. The molecule has 1 aromatic rings. The summed E-state index contributed by atoms with van der Waals surface area (Å²) in [5, 5.41) is 10.1. The van der Waals surface area contributed by atoms with E-state index in [-0.39, 0.29) is 0 Å². The van der Waals surface area contributed by atoms with E-state index in [0.717, 1.165) is 30.6 Å². The summed E-state index contributed by atoms with van der Waals surface area (Å²) < 4.78 is 16.6. The van der Waals surface area contributed by atoms with Crippen LogP contribution in [-0.4, -0.2) is 31.5 Å². The van der Waals surface area contributed by atoms with Gasteiger partial charge < -0.3 is 19.3 Å². The Labute approximate surface area is 114 Å². The van der Waals surface area contributed by atoms with Gasteiger partial charge in [-0.1, -0.05) is 19.4 Å². The van der Waals surface area contributed by atoms with Crippen molar-refractivity contribution in [1.82, 2.24) is 0 Å². The molecule has 0 saturated heterocycles. The van der Waals surface area contributed by atoms with Crippen LogP contribution in [0.15, 0.2) is 18.2 Å². The fraction of sp³-hybridized carbons (Fsp3) is 0.600. The predicted molar refractivity (Wildman–Crippen MR) is 72.7 cm³/mol. The molecular formula is C15H22O4. The Kier molecular flexibility index (Phi) is 5.48. The lowest BCUT2D eigenvalue weighted by Gasteiger charge is -2.14. The summed E-state index contributed by atoms with van der Waals surface area (Å²) in [6.07, 6.45) is 2.38. The largest absolute Gasteiger partial charge is 0.490 e. The van der Waals surface area contributed by atoms with Crippen LogP contribution < -0.4 is 9.47 Å². The Morgan fingerprint density at radius 3 is 2.84 bits per heavy atom. The minimum Gasteiger partial charge on any atom is -0.490 e. The number of fused-ring (bicyclic) bond motifs is 1. The summed E-state index contributed by atoms with van der Waals surface area (Å²) in [4.78, 5) is 0. The van der Waals surface area contributed by atoms with E-state index in [9.17, 15) is 5.11 Å². The van der Waals surface area contributed by atoms with Crippen LogP contribution in [0, 0.1) is 0 Å². The number of ether oxygens (including phenoxy) is 3. The predicted octanol–water partition coefficient (Wildman–Crippen LogP) is 2.70. The van der Waals surface area contributed by atoms with Crippen LogP contribution in [0.4, 0.5) is 0 Å². The second kappa shape index (κ2) is 7.36. The van der Waals surface area contributed by atoms with Crippen LogP contribution in [-0.2, 0) is 4.74 Å². The molecule has 1 heterocycles. The molecule has 0 saturated carbocycles. The van der Waals surface area contributed by atoms with E-state index < -0.39 is 6.10 Å². The van der Waals surface area contributed by atoms with Gasteiger partial charge >= 0.3 is 0 Å². The van der Waals surface area contributed by atoms with E-state index in [2.05, 4.69) is 6.92 Å². The monoisotopic (exact) mass is 266 g/mol. The van der Waals surface area contributed by atoms with Crippen LogP contribution in [0.1, 0.15) is 37.9 Å². The van der Waals surface area contributed by atoms with Gasteiger partial charge in [-0.3, -0.25) is 0 Å². The van der Waals surface area contributed by atoms with Crippen LogP contribution >= 0.6 is 0 Å². The standard InChI is InChI=1S/C15H22O4/c1-2-3-7-17-11-13(16)12-5-6-14-15(10-12)19-9-4-8-18-14/h5-6,10,13,16H,2-4,7-9,11H2,1H3. The quantitative estimate of drug-likeness (QED) is 0.804. The third kappa shape index (κ3) is 4.11. The lowest BCUT2D eigenvalue weighted by molar-refractivity contribution is 0.0348. The zero-order valence-electron chi connectivity index (χ0n) is 11.4. The first kappa shape index (κ1) is 14.2. The lowest BCUT2D eigenvalue weighted by atomic mass is 10.1. The highest BCUT2D eigenvalue weighted by Crippen LogP contribution is 2.32. The number of hydrogen-bond acceptors (Lipinski definition) is 4. The molecule has 1 aliphatic rings. The fourth-order valence-corrected chi connectivity index (χ4v) is 1.92. The Morgan fingerprint density at radius 2 is 2.05 bits per heavy atom. The number of unbranched alkanes of at least 4 members (excludes halogenated alkanes) is 1. The highest BCUT2D eigenvalue weighted by molar-refractivity contribution is 5.44. The summed E-state index contributed by atoms with van der Waals surface area (Å²) in [7, 11) is 0. The van der Waals surface area contributed by atoms with Crippen molar-refractivity contribution < 1.29 is 19.3 Å². The summed E-state index contributed by atoms with van der Waals surface area (Å²) in [5.41, 5.74) is 0.806. The average Bonchev–Trinajstić information content (AvgIpc) is 2.67. The van der Waals surface area contributed by atoms with E-state index in [1.165, 1.54) is 0 Å². The Balaban J connectivity index is 1.94. The number of hydrogen-bond donors (Lipinski definition) is 1. The summed E-state index contributed by atoms with van der Waals surface area (Å²) >= 11 is 0. The molecule has 1 unspecified atom stereocenters. The summed E-state index contributed by atoms with van der Waals surface area (Å²) in [5.74, 6) is 1.46. The normalized spacial score (nSPS) is 15.9. The Bertz CT molecular complexity index is 392. The third-order valence-electron chi connectivity index (χ3n) is 3.07. The lowest BCUT2D eigenvalue weighted by Crippen LogP contribution is -2.08. The van der Waals surface area contributed by atoms with Gasteiger partial charge in [0.15, 0.2) is 11.5 Å². The van der Waals surface area contributed by atoms with Crippen molar-refractivity contribution in [2.24, 2.45) is 0 Å². The molecule has 19 heavy (non-hydrogen) atoms. The molecule has 106 valence electrons. The van der Waals surface area contributed by atoms with Gasteiger partial charge in [0.1, 0.15) is 6.10 Å². The van der Waals surface area contributed by atoms with Gasteiger partial charge in [-0.2, -0.15) is 0 Å². The first-order chi connectivity index (χ1) is 9.31. The summed E-state index contributed by atoms with van der Waals surface area (Å²) in [6.45, 7) is 4.45. The maximum Gasteiger partial charge on any atom is 0.161 e. The minimum absolute atomic E-state index is 0.319. The third-order valence-corrected chi connectivity index (χ3v) is 3.07. The second-order valence-corrected chi connectivity index (χ2v) is 4.70. The van der Waals surface area contributed by atoms with Gasteiger partial charge in [0, 0.05) is 13.0 Å².